The average molecular weight is 415 g/mol. The molecule has 7 nitrogen and oxygen atoms in total. The van der Waals surface area contributed by atoms with Crippen molar-refractivity contribution in [3.63, 3.8) is 0 Å². The predicted molar refractivity (Wildman–Crippen MR) is 114 cm³/mol. The Morgan fingerprint density at radius 1 is 1.03 bits per heavy atom. The summed E-state index contributed by atoms with van der Waals surface area (Å²) >= 11 is 0. The third kappa shape index (κ3) is 5.97. The Balaban J connectivity index is 1.95. The molecule has 0 aliphatic carbocycles. The monoisotopic (exact) mass is 415 g/mol. The highest BCUT2D eigenvalue weighted by atomic mass is 16.5. The number of Topliss-reactive ketones (excluding diaryl/α,β-unsaturated/α-hetero) is 1. The second-order valence-corrected chi connectivity index (χ2v) is 6.76. The van der Waals surface area contributed by atoms with Crippen LogP contribution in [0.4, 0.5) is 0 Å². The Labute approximate surface area is 177 Å². The van der Waals surface area contributed by atoms with Crippen LogP contribution in [-0.4, -0.2) is 50.9 Å². The number of carbonyl (C=O) groups excluding carboxylic acids is 2. The molecule has 0 atom stereocenters. The molecule has 0 saturated heterocycles. The van der Waals surface area contributed by atoms with E-state index in [2.05, 4.69) is 4.57 Å². The molecular weight excluding hydrogens is 386 g/mol. The number of rotatable bonds is 11. The standard InChI is InChI=1S/C23H29NO6/c1-16-13-19(17(2)24(16)11-6-12-27-3)20(25)15-30-23(26)10-8-18-7-9-21(28-4)22(14-18)29-5/h7-10,13-14H,6,11-12,15H2,1-5H3/b10-8+. The number of ether oxygens (including phenoxy) is 4. The molecule has 0 saturated carbocycles. The van der Waals surface area contributed by atoms with Gasteiger partial charge >= 0.3 is 5.97 Å². The highest BCUT2D eigenvalue weighted by Crippen LogP contribution is 2.28. The van der Waals surface area contributed by atoms with Gasteiger partial charge in [0.2, 0.25) is 5.78 Å². The molecule has 0 radical (unpaired) electrons. The summed E-state index contributed by atoms with van der Waals surface area (Å²) < 4.78 is 22.7. The molecule has 7 heteroatoms. The van der Waals surface area contributed by atoms with Crippen molar-refractivity contribution in [2.24, 2.45) is 0 Å². The first kappa shape index (κ1) is 23.2. The summed E-state index contributed by atoms with van der Waals surface area (Å²) in [7, 11) is 4.76. The maximum atomic E-state index is 12.5. The fourth-order valence-corrected chi connectivity index (χ4v) is 3.18. The van der Waals surface area contributed by atoms with Crippen LogP contribution >= 0.6 is 0 Å². The van der Waals surface area contributed by atoms with E-state index in [-0.39, 0.29) is 12.4 Å². The first-order chi connectivity index (χ1) is 14.4. The lowest BCUT2D eigenvalue weighted by Crippen LogP contribution is -2.14. The number of benzene rings is 1. The predicted octanol–water partition coefficient (Wildman–Crippen LogP) is 3.60. The van der Waals surface area contributed by atoms with E-state index < -0.39 is 5.97 Å². The van der Waals surface area contributed by atoms with Gasteiger partial charge in [-0.1, -0.05) is 6.07 Å². The second kappa shape index (κ2) is 11.2. The quantitative estimate of drug-likeness (QED) is 0.242. The molecule has 2 aromatic rings. The minimum atomic E-state index is -0.591. The van der Waals surface area contributed by atoms with Crippen LogP contribution < -0.4 is 9.47 Å². The van der Waals surface area contributed by atoms with Gasteiger partial charge in [0.1, 0.15) is 0 Å². The molecule has 0 spiro atoms. The van der Waals surface area contributed by atoms with Crippen LogP contribution in [0.5, 0.6) is 11.5 Å². The minimum absolute atomic E-state index is 0.228. The molecular formula is C23H29NO6. The number of carbonyl (C=O) groups is 2. The zero-order valence-corrected chi connectivity index (χ0v) is 18.2. The molecule has 1 heterocycles. The molecule has 0 bridgehead atoms. The van der Waals surface area contributed by atoms with E-state index in [1.807, 2.05) is 19.9 Å². The van der Waals surface area contributed by atoms with Crippen molar-refractivity contribution in [2.75, 3.05) is 34.5 Å². The Hall–Kier alpha value is -3.06. The number of nitrogens with zero attached hydrogens (tertiary/aromatic N) is 1. The molecule has 1 aromatic heterocycles. The van der Waals surface area contributed by atoms with E-state index >= 15 is 0 Å². The summed E-state index contributed by atoms with van der Waals surface area (Å²) in [6.07, 6.45) is 3.73. The third-order valence-electron chi connectivity index (χ3n) is 4.77. The maximum Gasteiger partial charge on any atom is 0.331 e. The molecule has 30 heavy (non-hydrogen) atoms. The summed E-state index contributed by atoms with van der Waals surface area (Å²) in [5, 5.41) is 0. The van der Waals surface area contributed by atoms with E-state index in [0.717, 1.165) is 29.9 Å². The Kier molecular flexibility index (Phi) is 8.68. The second-order valence-electron chi connectivity index (χ2n) is 6.76. The molecule has 162 valence electrons. The fraction of sp³-hybridized carbons (Fsp3) is 0.391. The topological polar surface area (TPSA) is 76.0 Å². The summed E-state index contributed by atoms with van der Waals surface area (Å²) in [6.45, 7) is 4.97. The lowest BCUT2D eigenvalue weighted by atomic mass is 10.1. The van der Waals surface area contributed by atoms with Crippen LogP contribution in [0, 0.1) is 13.8 Å². The van der Waals surface area contributed by atoms with E-state index in [4.69, 9.17) is 18.9 Å². The van der Waals surface area contributed by atoms with Gasteiger partial charge in [0.05, 0.1) is 14.2 Å². The highest BCUT2D eigenvalue weighted by Gasteiger charge is 2.16. The van der Waals surface area contributed by atoms with Crippen LogP contribution in [0.15, 0.2) is 30.3 Å². The van der Waals surface area contributed by atoms with Gasteiger partial charge in [-0.2, -0.15) is 0 Å². The zero-order chi connectivity index (χ0) is 22.1. The van der Waals surface area contributed by atoms with Crippen LogP contribution in [-0.2, 0) is 20.8 Å². The molecule has 0 aliphatic heterocycles. The van der Waals surface area contributed by atoms with Gasteiger partial charge in [-0.05, 0) is 50.1 Å². The van der Waals surface area contributed by atoms with Gasteiger partial charge in [-0.3, -0.25) is 4.79 Å². The molecule has 0 fully saturated rings. The average Bonchev–Trinajstić information content (AvgIpc) is 3.04. The number of methoxy groups -OCH3 is 3. The van der Waals surface area contributed by atoms with Crippen molar-refractivity contribution in [1.29, 1.82) is 0 Å². The Morgan fingerprint density at radius 2 is 1.77 bits per heavy atom. The highest BCUT2D eigenvalue weighted by molar-refractivity contribution is 6.00. The van der Waals surface area contributed by atoms with Crippen molar-refractivity contribution >= 4 is 17.8 Å². The first-order valence-electron chi connectivity index (χ1n) is 9.67. The van der Waals surface area contributed by atoms with Gasteiger partial charge in [-0.15, -0.1) is 0 Å². The van der Waals surface area contributed by atoms with E-state index in [1.54, 1.807) is 45.6 Å². The Morgan fingerprint density at radius 3 is 2.43 bits per heavy atom. The number of aromatic nitrogens is 1. The van der Waals surface area contributed by atoms with Crippen LogP contribution in [0.25, 0.3) is 6.08 Å². The zero-order valence-electron chi connectivity index (χ0n) is 18.2. The van der Waals surface area contributed by atoms with Gasteiger partial charge in [0.15, 0.2) is 18.1 Å². The summed E-state index contributed by atoms with van der Waals surface area (Å²) in [5.41, 5.74) is 3.18. The van der Waals surface area contributed by atoms with Crippen molar-refractivity contribution in [2.45, 2.75) is 26.8 Å². The van der Waals surface area contributed by atoms with Crippen LogP contribution in [0.2, 0.25) is 0 Å². The molecule has 1 aromatic carbocycles. The number of hydrogen-bond donors (Lipinski definition) is 0. The van der Waals surface area contributed by atoms with Gasteiger partial charge in [0, 0.05) is 43.3 Å². The van der Waals surface area contributed by atoms with Crippen LogP contribution in [0.3, 0.4) is 0 Å². The van der Waals surface area contributed by atoms with Gasteiger partial charge < -0.3 is 23.5 Å². The lowest BCUT2D eigenvalue weighted by Gasteiger charge is -2.09. The number of hydrogen-bond acceptors (Lipinski definition) is 6. The van der Waals surface area contributed by atoms with Crippen molar-refractivity contribution in [1.82, 2.24) is 4.57 Å². The van der Waals surface area contributed by atoms with Gasteiger partial charge in [-0.25, -0.2) is 4.79 Å². The molecule has 0 aliphatic rings. The summed E-state index contributed by atoms with van der Waals surface area (Å²) in [6, 6.07) is 7.11. The van der Waals surface area contributed by atoms with Crippen molar-refractivity contribution in [3.05, 3.63) is 52.9 Å². The van der Waals surface area contributed by atoms with E-state index in [9.17, 15) is 9.59 Å². The largest absolute Gasteiger partial charge is 0.493 e. The molecule has 0 amide bonds. The van der Waals surface area contributed by atoms with E-state index in [1.165, 1.54) is 6.08 Å². The van der Waals surface area contributed by atoms with Gasteiger partial charge in [0.25, 0.3) is 0 Å². The molecule has 0 N–H and O–H groups in total. The smallest absolute Gasteiger partial charge is 0.331 e. The van der Waals surface area contributed by atoms with Crippen LogP contribution in [0.1, 0.15) is 33.7 Å². The third-order valence-corrected chi connectivity index (χ3v) is 4.77. The lowest BCUT2D eigenvalue weighted by molar-refractivity contribution is -0.136. The number of esters is 1. The van der Waals surface area contributed by atoms with Crippen molar-refractivity contribution < 1.29 is 28.5 Å². The fourth-order valence-electron chi connectivity index (χ4n) is 3.18. The minimum Gasteiger partial charge on any atom is -0.493 e. The Bertz CT molecular complexity index is 913. The first-order valence-corrected chi connectivity index (χ1v) is 9.67. The normalized spacial score (nSPS) is 11.0. The summed E-state index contributed by atoms with van der Waals surface area (Å²) in [4.78, 5) is 24.5. The maximum absolute atomic E-state index is 12.5. The summed E-state index contributed by atoms with van der Waals surface area (Å²) in [5.74, 6) is 0.340. The molecule has 2 rings (SSSR count). The number of ketones is 1. The van der Waals surface area contributed by atoms with Crippen molar-refractivity contribution in [3.8, 4) is 11.5 Å². The number of aryl methyl sites for hydroxylation is 1. The molecule has 0 unspecified atom stereocenters. The SMILES string of the molecule is COCCCn1c(C)cc(C(=O)COC(=O)/C=C/c2ccc(OC)c(OC)c2)c1C. The van der Waals surface area contributed by atoms with E-state index in [0.29, 0.717) is 23.7 Å².